The van der Waals surface area contributed by atoms with Crippen LogP contribution in [0.25, 0.3) is 108 Å². The van der Waals surface area contributed by atoms with Crippen LogP contribution in [0.1, 0.15) is 11.1 Å². The Morgan fingerprint density at radius 3 is 1.70 bits per heavy atom. The lowest BCUT2D eigenvalue weighted by molar-refractivity contribution is 1.07. The van der Waals surface area contributed by atoms with Crippen molar-refractivity contribution < 1.29 is 0 Å². The second-order valence-corrected chi connectivity index (χ2v) is 19.0. The highest BCUT2D eigenvalue weighted by atomic mass is 32.1. The summed E-state index contributed by atoms with van der Waals surface area (Å²) in [6.45, 7) is 3.01. The summed E-state index contributed by atoms with van der Waals surface area (Å²) in [7, 11) is 0. The largest absolute Gasteiger partial charge is 0.337 e. The number of rotatable bonds is 5. The number of benzene rings is 11. The van der Waals surface area contributed by atoms with Gasteiger partial charge in [0.25, 0.3) is 0 Å². The third-order valence-electron chi connectivity index (χ3n) is 14.0. The third kappa shape index (κ3) is 6.59. The van der Waals surface area contributed by atoms with E-state index in [0.717, 1.165) is 13.0 Å². The predicted molar refractivity (Wildman–Crippen MR) is 291 cm³/mol. The normalized spacial score (nSPS) is 13.8. The molecule has 2 heterocycles. The molecule has 0 bridgehead atoms. The first-order valence-electron chi connectivity index (χ1n) is 23.3. The number of aryl methyl sites for hydroxylation is 1. The van der Waals surface area contributed by atoms with Crippen molar-refractivity contribution in [1.29, 1.82) is 0 Å². The molecule has 0 atom stereocenters. The van der Waals surface area contributed by atoms with Gasteiger partial charge in [-0.15, -0.1) is 11.3 Å². The summed E-state index contributed by atoms with van der Waals surface area (Å²) < 4.78 is 2.67. The molecule has 316 valence electrons. The van der Waals surface area contributed by atoms with Crippen molar-refractivity contribution in [3.05, 3.63) is 242 Å². The second-order valence-electron chi connectivity index (χ2n) is 17.9. The van der Waals surface area contributed by atoms with Crippen LogP contribution in [-0.4, -0.2) is 6.54 Å². The van der Waals surface area contributed by atoms with Crippen molar-refractivity contribution in [3.8, 4) is 44.5 Å². The summed E-state index contributed by atoms with van der Waals surface area (Å²) in [5.41, 5.74) is 15.2. The Morgan fingerprint density at radius 2 is 0.970 bits per heavy atom. The highest BCUT2D eigenvalue weighted by Crippen LogP contribution is 2.48. The molecular formula is C65H45NS. The molecule has 1 aliphatic heterocycles. The maximum atomic E-state index is 2.48. The molecule has 13 rings (SSSR count). The maximum absolute atomic E-state index is 2.48. The van der Waals surface area contributed by atoms with Crippen LogP contribution in [0, 0.1) is 6.92 Å². The molecular weight excluding hydrogens is 827 g/mol. The van der Waals surface area contributed by atoms with Crippen LogP contribution >= 0.6 is 11.3 Å². The van der Waals surface area contributed by atoms with Crippen LogP contribution in [0.15, 0.2) is 231 Å². The average molecular weight is 872 g/mol. The van der Waals surface area contributed by atoms with Crippen molar-refractivity contribution in [1.82, 2.24) is 0 Å². The molecule has 0 spiro atoms. The van der Waals surface area contributed by atoms with Crippen LogP contribution in [0.3, 0.4) is 0 Å². The minimum Gasteiger partial charge on any atom is -0.337 e. The minimum absolute atomic E-state index is 0.769. The van der Waals surface area contributed by atoms with E-state index in [0.29, 0.717) is 0 Å². The summed E-state index contributed by atoms with van der Waals surface area (Å²) >= 11 is 1.94. The van der Waals surface area contributed by atoms with E-state index in [1.807, 2.05) is 11.3 Å². The van der Waals surface area contributed by atoms with Gasteiger partial charge in [0.2, 0.25) is 0 Å². The van der Waals surface area contributed by atoms with Crippen LogP contribution in [0.2, 0.25) is 0 Å². The van der Waals surface area contributed by atoms with Gasteiger partial charge in [-0.3, -0.25) is 0 Å². The Labute approximate surface area is 394 Å². The van der Waals surface area contributed by atoms with E-state index in [4.69, 9.17) is 0 Å². The first kappa shape index (κ1) is 39.3. The van der Waals surface area contributed by atoms with Crippen molar-refractivity contribution in [2.45, 2.75) is 13.3 Å². The van der Waals surface area contributed by atoms with E-state index < -0.39 is 0 Å². The molecule has 0 saturated carbocycles. The first-order chi connectivity index (χ1) is 33.2. The highest BCUT2D eigenvalue weighted by Gasteiger charge is 2.21. The quantitative estimate of drug-likeness (QED) is 0.123. The molecule has 0 amide bonds. The summed E-state index contributed by atoms with van der Waals surface area (Å²) in [6, 6.07) is 76.9. The Hall–Kier alpha value is -8.04. The average Bonchev–Trinajstić information content (AvgIpc) is 3.80. The molecule has 0 fully saturated rings. The van der Waals surface area contributed by atoms with E-state index >= 15 is 0 Å². The van der Waals surface area contributed by atoms with E-state index in [2.05, 4.69) is 242 Å². The number of anilines is 2. The number of allylic oxidation sites excluding steroid dienone is 3. The SMILES string of the molecule is Cc1cc(-c2cc3ccccc3c3ccccc23)c2sc3c(-c4ccc5c(c4)C/C=C\C=C/CN5c4ccc(-c5c6ccccc6c(-c6ccccc6)c6ccccc56)cc4)cccc3c2c1. The van der Waals surface area contributed by atoms with Gasteiger partial charge >= 0.3 is 0 Å². The fourth-order valence-electron chi connectivity index (χ4n) is 11.0. The Kier molecular flexibility index (Phi) is 9.47. The van der Waals surface area contributed by atoms with Crippen LogP contribution in [0.4, 0.5) is 11.4 Å². The Morgan fingerprint density at radius 1 is 0.388 bits per heavy atom. The first-order valence-corrected chi connectivity index (χ1v) is 24.2. The van der Waals surface area contributed by atoms with Gasteiger partial charge in [-0.2, -0.15) is 0 Å². The van der Waals surface area contributed by atoms with Crippen molar-refractivity contribution >= 4 is 86.0 Å². The van der Waals surface area contributed by atoms with Gasteiger partial charge in [0.05, 0.1) is 0 Å². The fourth-order valence-corrected chi connectivity index (χ4v) is 12.3. The smallest absolute Gasteiger partial charge is 0.0449 e. The number of thiophene rings is 1. The number of fused-ring (bicyclic) bond motifs is 9. The van der Waals surface area contributed by atoms with Crippen molar-refractivity contribution in [3.63, 3.8) is 0 Å². The summed E-state index contributed by atoms with van der Waals surface area (Å²) in [5.74, 6) is 0. The standard InChI is InChI=1S/C65H45NS/c1-42-38-59-57-30-17-29-50(64(57)67-65(59)60(39-42)58-41-45-20-8-9-22-49(45)51-23-10-11-24-52(51)58)46-33-36-61-47(40-46)21-5-2-3-16-37-66(61)48-34-31-44(32-35-48)63-55-27-14-12-25-53(55)62(43-18-6-4-7-19-43)54-26-13-15-28-56(54)63/h2-20,22-36,38-41H,21,37H2,1H3/b5-2-,16-3-. The van der Waals surface area contributed by atoms with Gasteiger partial charge in [0.1, 0.15) is 0 Å². The van der Waals surface area contributed by atoms with Gasteiger partial charge in [-0.05, 0) is 149 Å². The van der Waals surface area contributed by atoms with Crippen LogP contribution in [0.5, 0.6) is 0 Å². The zero-order chi connectivity index (χ0) is 44.4. The molecule has 1 nitrogen and oxygen atoms in total. The Balaban J connectivity index is 0.913. The molecule has 0 radical (unpaired) electrons. The van der Waals surface area contributed by atoms with E-state index in [9.17, 15) is 0 Å². The zero-order valence-electron chi connectivity index (χ0n) is 37.2. The summed E-state index contributed by atoms with van der Waals surface area (Å²) in [4.78, 5) is 2.48. The number of hydrogen-bond acceptors (Lipinski definition) is 2. The maximum Gasteiger partial charge on any atom is 0.0449 e. The van der Waals surface area contributed by atoms with Gasteiger partial charge in [0.15, 0.2) is 0 Å². The van der Waals surface area contributed by atoms with Crippen molar-refractivity contribution in [2.24, 2.45) is 0 Å². The topological polar surface area (TPSA) is 3.24 Å². The summed E-state index contributed by atoms with van der Waals surface area (Å²) in [5, 5.41) is 12.9. The molecule has 2 heteroatoms. The van der Waals surface area contributed by atoms with Gasteiger partial charge in [-0.1, -0.05) is 188 Å². The van der Waals surface area contributed by atoms with Crippen LogP contribution in [-0.2, 0) is 6.42 Å². The molecule has 1 aromatic heterocycles. The van der Waals surface area contributed by atoms with E-state index in [-0.39, 0.29) is 0 Å². The molecule has 0 unspecified atom stereocenters. The summed E-state index contributed by atoms with van der Waals surface area (Å²) in [6.07, 6.45) is 9.80. The minimum atomic E-state index is 0.769. The molecule has 11 aromatic carbocycles. The van der Waals surface area contributed by atoms with Gasteiger partial charge in [0, 0.05) is 43.7 Å². The highest BCUT2D eigenvalue weighted by molar-refractivity contribution is 7.26. The monoisotopic (exact) mass is 871 g/mol. The lowest BCUT2D eigenvalue weighted by Gasteiger charge is -2.27. The van der Waals surface area contributed by atoms with Crippen molar-refractivity contribution in [2.75, 3.05) is 11.4 Å². The molecule has 0 saturated heterocycles. The molecule has 12 aromatic rings. The van der Waals surface area contributed by atoms with Gasteiger partial charge < -0.3 is 4.90 Å². The molecule has 1 aliphatic rings. The van der Waals surface area contributed by atoms with E-state index in [1.54, 1.807) is 0 Å². The molecule has 0 N–H and O–H groups in total. The predicted octanol–water partition coefficient (Wildman–Crippen LogP) is 18.5. The Bertz CT molecular complexity index is 3930. The fraction of sp³-hybridized carbons (Fsp3) is 0.0462. The van der Waals surface area contributed by atoms with E-state index in [1.165, 1.54) is 130 Å². The lowest BCUT2D eigenvalue weighted by atomic mass is 9.86. The lowest BCUT2D eigenvalue weighted by Crippen LogP contribution is -2.18. The van der Waals surface area contributed by atoms with Crippen LogP contribution < -0.4 is 4.90 Å². The third-order valence-corrected chi connectivity index (χ3v) is 15.2. The number of nitrogens with zero attached hydrogens (tertiary/aromatic N) is 1. The zero-order valence-corrected chi connectivity index (χ0v) is 38.0. The number of hydrogen-bond donors (Lipinski definition) is 0. The second kappa shape index (κ2) is 16.1. The van der Waals surface area contributed by atoms with Gasteiger partial charge in [-0.25, -0.2) is 0 Å². The molecule has 67 heavy (non-hydrogen) atoms. The molecule has 0 aliphatic carbocycles.